The minimum atomic E-state index is -0.253. The lowest BCUT2D eigenvalue weighted by atomic mass is 10.2. The Morgan fingerprint density at radius 1 is 1.00 bits per heavy atom. The molecule has 0 amide bonds. The quantitative estimate of drug-likeness (QED) is 0.752. The van der Waals surface area contributed by atoms with E-state index in [0.717, 1.165) is 17.9 Å². The van der Waals surface area contributed by atoms with Crippen LogP contribution >= 0.6 is 0 Å². The number of para-hydroxylation sites is 1. The molecule has 3 nitrogen and oxygen atoms in total. The summed E-state index contributed by atoms with van der Waals surface area (Å²) in [5.74, 6) is 0.502. The summed E-state index contributed by atoms with van der Waals surface area (Å²) >= 11 is 0. The van der Waals surface area contributed by atoms with Gasteiger partial charge in [0.1, 0.15) is 24.7 Å². The Labute approximate surface area is 118 Å². The van der Waals surface area contributed by atoms with Gasteiger partial charge < -0.3 is 15.2 Å². The summed E-state index contributed by atoms with van der Waals surface area (Å²) in [7, 11) is 0. The highest BCUT2D eigenvalue weighted by atomic mass is 19.1. The molecule has 20 heavy (non-hydrogen) atoms. The smallest absolute Gasteiger partial charge is 0.129 e. The Balaban J connectivity index is 2.00. The second-order valence-electron chi connectivity index (χ2n) is 4.49. The van der Waals surface area contributed by atoms with Gasteiger partial charge in [-0.1, -0.05) is 30.3 Å². The predicted octanol–water partition coefficient (Wildman–Crippen LogP) is 1.46. The monoisotopic (exact) mass is 276 g/mol. The van der Waals surface area contributed by atoms with E-state index in [4.69, 9.17) is 9.84 Å². The van der Waals surface area contributed by atoms with E-state index in [2.05, 4.69) is 0 Å². The molecule has 0 aromatic heterocycles. The van der Waals surface area contributed by atoms with Gasteiger partial charge in [-0.2, -0.15) is 0 Å². The summed E-state index contributed by atoms with van der Waals surface area (Å²) in [6, 6.07) is 14.3. The van der Waals surface area contributed by atoms with Gasteiger partial charge in [0.05, 0.1) is 13.2 Å². The van der Waals surface area contributed by atoms with Gasteiger partial charge in [-0.15, -0.1) is 0 Å². The first-order valence-corrected chi connectivity index (χ1v) is 6.68. The maximum atomic E-state index is 13.5. The van der Waals surface area contributed by atoms with Crippen LogP contribution in [0.4, 0.5) is 4.39 Å². The van der Waals surface area contributed by atoms with Gasteiger partial charge in [0.25, 0.3) is 0 Å². The number of halogens is 1. The molecule has 4 heteroatoms. The Morgan fingerprint density at radius 3 is 2.45 bits per heavy atom. The summed E-state index contributed by atoms with van der Waals surface area (Å²) in [4.78, 5) is 0. The van der Waals surface area contributed by atoms with E-state index < -0.39 is 0 Å². The topological polar surface area (TPSA) is 46.1 Å². The standard InChI is InChI=1S/C16H18FNO2/c17-15-7-3-1-6-14(15)12-20-16-8-4-2-5-13(16)11-18-9-10-19/h1-8,18-19H,9-12H2/p+1. The molecule has 0 heterocycles. The van der Waals surface area contributed by atoms with Crippen LogP contribution in [0.25, 0.3) is 0 Å². The third kappa shape index (κ3) is 4.05. The first-order chi connectivity index (χ1) is 9.81. The summed E-state index contributed by atoms with van der Waals surface area (Å²) in [6.45, 7) is 1.75. The van der Waals surface area contributed by atoms with Crippen LogP contribution in [0.3, 0.4) is 0 Å². The van der Waals surface area contributed by atoms with Crippen molar-refractivity contribution in [3.63, 3.8) is 0 Å². The number of quaternary nitrogens is 1. The maximum absolute atomic E-state index is 13.5. The molecule has 0 aliphatic carbocycles. The SMILES string of the molecule is OCC[NH2+]Cc1ccccc1OCc1ccccc1F. The Bertz CT molecular complexity index is 546. The number of aliphatic hydroxyl groups is 1. The number of hydrogen-bond donors (Lipinski definition) is 2. The van der Waals surface area contributed by atoms with E-state index in [0.29, 0.717) is 12.1 Å². The fraction of sp³-hybridized carbons (Fsp3) is 0.250. The number of rotatable bonds is 7. The van der Waals surface area contributed by atoms with E-state index in [9.17, 15) is 4.39 Å². The predicted molar refractivity (Wildman–Crippen MR) is 74.8 cm³/mol. The summed E-state index contributed by atoms with van der Waals surface area (Å²) in [5.41, 5.74) is 1.58. The van der Waals surface area contributed by atoms with E-state index in [1.54, 1.807) is 18.2 Å². The number of ether oxygens (including phenoxy) is 1. The number of aliphatic hydroxyl groups excluding tert-OH is 1. The molecule has 2 rings (SSSR count). The van der Waals surface area contributed by atoms with Crippen LogP contribution in [0.15, 0.2) is 48.5 Å². The van der Waals surface area contributed by atoms with Gasteiger partial charge in [-0.25, -0.2) is 4.39 Å². The average molecular weight is 276 g/mol. The fourth-order valence-electron chi connectivity index (χ4n) is 1.93. The highest BCUT2D eigenvalue weighted by Gasteiger charge is 2.06. The maximum Gasteiger partial charge on any atom is 0.129 e. The highest BCUT2D eigenvalue weighted by molar-refractivity contribution is 5.33. The average Bonchev–Trinajstić information content (AvgIpc) is 2.48. The van der Waals surface area contributed by atoms with Gasteiger partial charge in [0, 0.05) is 11.1 Å². The van der Waals surface area contributed by atoms with Crippen molar-refractivity contribution >= 4 is 0 Å². The zero-order chi connectivity index (χ0) is 14.2. The molecule has 0 saturated carbocycles. The molecule has 0 radical (unpaired) electrons. The van der Waals surface area contributed by atoms with Crippen molar-refractivity contribution in [1.82, 2.24) is 0 Å². The lowest BCUT2D eigenvalue weighted by molar-refractivity contribution is -0.671. The second-order valence-corrected chi connectivity index (χ2v) is 4.49. The molecular weight excluding hydrogens is 257 g/mol. The van der Waals surface area contributed by atoms with Crippen LogP contribution in [0.2, 0.25) is 0 Å². The number of benzene rings is 2. The van der Waals surface area contributed by atoms with Crippen LogP contribution in [0.5, 0.6) is 5.75 Å². The third-order valence-corrected chi connectivity index (χ3v) is 3.01. The minimum Gasteiger partial charge on any atom is -0.488 e. The fourth-order valence-corrected chi connectivity index (χ4v) is 1.93. The molecule has 3 N–H and O–H groups in total. The van der Waals surface area contributed by atoms with E-state index >= 15 is 0 Å². The van der Waals surface area contributed by atoms with Crippen LogP contribution < -0.4 is 10.1 Å². The molecular formula is C16H19FNO2+. The minimum absolute atomic E-state index is 0.151. The van der Waals surface area contributed by atoms with Gasteiger partial charge in [-0.3, -0.25) is 0 Å². The molecule has 0 fully saturated rings. The zero-order valence-electron chi connectivity index (χ0n) is 11.3. The van der Waals surface area contributed by atoms with Crippen LogP contribution in [-0.2, 0) is 13.2 Å². The van der Waals surface area contributed by atoms with Crippen LogP contribution in [-0.4, -0.2) is 18.3 Å². The number of hydrogen-bond acceptors (Lipinski definition) is 2. The molecule has 2 aromatic carbocycles. The van der Waals surface area contributed by atoms with Crippen molar-refractivity contribution in [3.8, 4) is 5.75 Å². The number of nitrogens with two attached hydrogens (primary N) is 1. The lowest BCUT2D eigenvalue weighted by Gasteiger charge is -2.11. The van der Waals surface area contributed by atoms with Gasteiger partial charge in [-0.05, 0) is 18.2 Å². The van der Waals surface area contributed by atoms with Crippen LogP contribution in [0, 0.1) is 5.82 Å². The van der Waals surface area contributed by atoms with Crippen molar-refractivity contribution in [2.45, 2.75) is 13.2 Å². The van der Waals surface area contributed by atoms with E-state index in [1.165, 1.54) is 6.07 Å². The molecule has 0 bridgehead atoms. The zero-order valence-corrected chi connectivity index (χ0v) is 11.3. The molecule has 0 saturated heterocycles. The van der Waals surface area contributed by atoms with Crippen molar-refractivity contribution < 1.29 is 19.6 Å². The molecule has 0 spiro atoms. The van der Waals surface area contributed by atoms with Crippen molar-refractivity contribution in [3.05, 3.63) is 65.5 Å². The van der Waals surface area contributed by atoms with Crippen molar-refractivity contribution in [1.29, 1.82) is 0 Å². The first kappa shape index (κ1) is 14.5. The summed E-state index contributed by atoms with van der Waals surface area (Å²) in [5, 5.41) is 10.8. The molecule has 0 aliphatic rings. The Hall–Kier alpha value is -1.91. The Morgan fingerprint density at radius 2 is 1.70 bits per heavy atom. The molecule has 0 unspecified atom stereocenters. The van der Waals surface area contributed by atoms with Crippen molar-refractivity contribution in [2.24, 2.45) is 0 Å². The van der Waals surface area contributed by atoms with Crippen molar-refractivity contribution in [2.75, 3.05) is 13.2 Å². The van der Waals surface area contributed by atoms with Gasteiger partial charge in [0.15, 0.2) is 0 Å². The third-order valence-electron chi connectivity index (χ3n) is 3.01. The molecule has 0 atom stereocenters. The highest BCUT2D eigenvalue weighted by Crippen LogP contribution is 2.19. The second kappa shape index (κ2) is 7.62. The van der Waals surface area contributed by atoms with E-state index in [-0.39, 0.29) is 19.0 Å². The first-order valence-electron chi connectivity index (χ1n) is 6.68. The summed E-state index contributed by atoms with van der Waals surface area (Å²) < 4.78 is 19.2. The van der Waals surface area contributed by atoms with Crippen LogP contribution in [0.1, 0.15) is 11.1 Å². The van der Waals surface area contributed by atoms with E-state index in [1.807, 2.05) is 29.6 Å². The van der Waals surface area contributed by atoms with Gasteiger partial charge >= 0.3 is 0 Å². The van der Waals surface area contributed by atoms with Gasteiger partial charge in [0.2, 0.25) is 0 Å². The largest absolute Gasteiger partial charge is 0.488 e. The molecule has 2 aromatic rings. The molecule has 0 aliphatic heterocycles. The lowest BCUT2D eigenvalue weighted by Crippen LogP contribution is -2.83. The molecule has 106 valence electrons. The summed E-state index contributed by atoms with van der Waals surface area (Å²) in [6.07, 6.45) is 0. The normalized spacial score (nSPS) is 10.5. The Kier molecular flexibility index (Phi) is 5.53.